The smallest absolute Gasteiger partial charge is 0.290 e. The highest BCUT2D eigenvalue weighted by molar-refractivity contribution is 6.32. The van der Waals surface area contributed by atoms with Crippen LogP contribution in [0.25, 0.3) is 5.69 Å². The van der Waals surface area contributed by atoms with Crippen LogP contribution in [0.15, 0.2) is 34.1 Å². The molecule has 2 aromatic heterocycles. The first-order valence-electron chi connectivity index (χ1n) is 4.32. The second-order valence-electron chi connectivity index (χ2n) is 3.01. The van der Waals surface area contributed by atoms with Crippen molar-refractivity contribution >= 4 is 17.3 Å². The number of aromatic nitrogens is 3. The standard InChI is InChI=1S/C9H7ClN4O2/c10-6-7(11)8(15)13-14(9(6)16)5-1-3-12-4-2-5/h1-4H,11H2,(H,13,15). The summed E-state index contributed by atoms with van der Waals surface area (Å²) >= 11 is 5.64. The van der Waals surface area contributed by atoms with Crippen LogP contribution < -0.4 is 16.9 Å². The lowest BCUT2D eigenvalue weighted by Gasteiger charge is -2.05. The SMILES string of the molecule is Nc1c(Cl)c(=O)n(-c2ccncc2)[nH]c1=O. The number of aromatic amines is 1. The quantitative estimate of drug-likeness (QED) is 0.740. The molecule has 0 aliphatic heterocycles. The summed E-state index contributed by atoms with van der Waals surface area (Å²) in [7, 11) is 0. The molecule has 0 aliphatic carbocycles. The van der Waals surface area contributed by atoms with E-state index in [-0.39, 0.29) is 10.7 Å². The van der Waals surface area contributed by atoms with E-state index in [4.69, 9.17) is 17.3 Å². The maximum atomic E-state index is 11.7. The maximum absolute atomic E-state index is 11.7. The highest BCUT2D eigenvalue weighted by atomic mass is 35.5. The lowest BCUT2D eigenvalue weighted by atomic mass is 10.4. The first-order chi connectivity index (χ1) is 7.61. The van der Waals surface area contributed by atoms with Crippen molar-refractivity contribution in [3.63, 3.8) is 0 Å². The van der Waals surface area contributed by atoms with Gasteiger partial charge in [-0.05, 0) is 12.1 Å². The van der Waals surface area contributed by atoms with E-state index in [9.17, 15) is 9.59 Å². The van der Waals surface area contributed by atoms with E-state index in [1.54, 1.807) is 12.1 Å². The predicted molar refractivity (Wildman–Crippen MR) is 59.9 cm³/mol. The average Bonchev–Trinajstić information content (AvgIpc) is 2.32. The van der Waals surface area contributed by atoms with E-state index >= 15 is 0 Å². The minimum absolute atomic E-state index is 0.281. The Labute approximate surface area is 94.3 Å². The Morgan fingerprint density at radius 2 is 1.94 bits per heavy atom. The Balaban J connectivity index is 2.78. The second-order valence-corrected chi connectivity index (χ2v) is 3.39. The summed E-state index contributed by atoms with van der Waals surface area (Å²) < 4.78 is 1.02. The number of pyridine rings is 1. The van der Waals surface area contributed by atoms with Gasteiger partial charge in [-0.25, -0.2) is 4.68 Å². The molecule has 6 nitrogen and oxygen atoms in total. The summed E-state index contributed by atoms with van der Waals surface area (Å²) in [5, 5.41) is 2.02. The molecule has 2 aromatic rings. The molecule has 82 valence electrons. The molecule has 2 heterocycles. The predicted octanol–water partition coefficient (Wildman–Crippen LogP) is 0.156. The average molecular weight is 239 g/mol. The zero-order valence-electron chi connectivity index (χ0n) is 7.98. The van der Waals surface area contributed by atoms with Crippen molar-refractivity contribution in [2.24, 2.45) is 0 Å². The fourth-order valence-electron chi connectivity index (χ4n) is 1.20. The van der Waals surface area contributed by atoms with Gasteiger partial charge in [0.15, 0.2) is 0 Å². The van der Waals surface area contributed by atoms with Gasteiger partial charge in [0.05, 0.1) is 5.69 Å². The van der Waals surface area contributed by atoms with Crippen LogP contribution in [0.2, 0.25) is 5.02 Å². The van der Waals surface area contributed by atoms with Gasteiger partial charge in [0.25, 0.3) is 11.1 Å². The number of nitrogen functional groups attached to an aromatic ring is 1. The van der Waals surface area contributed by atoms with Crippen molar-refractivity contribution < 1.29 is 0 Å². The van der Waals surface area contributed by atoms with Gasteiger partial charge in [-0.2, -0.15) is 0 Å². The number of halogens is 1. The zero-order valence-corrected chi connectivity index (χ0v) is 8.73. The van der Waals surface area contributed by atoms with E-state index in [0.29, 0.717) is 5.69 Å². The number of hydrogen-bond donors (Lipinski definition) is 2. The normalized spacial score (nSPS) is 10.3. The Kier molecular flexibility index (Phi) is 2.49. The summed E-state index contributed by atoms with van der Waals surface area (Å²) in [6.45, 7) is 0. The van der Waals surface area contributed by atoms with Crippen LogP contribution in [0.5, 0.6) is 0 Å². The first-order valence-corrected chi connectivity index (χ1v) is 4.70. The minimum atomic E-state index is -0.610. The number of hydrogen-bond acceptors (Lipinski definition) is 4. The molecule has 0 unspecified atom stereocenters. The van der Waals surface area contributed by atoms with Crippen molar-refractivity contribution in [2.45, 2.75) is 0 Å². The lowest BCUT2D eigenvalue weighted by Crippen LogP contribution is -2.30. The molecule has 2 rings (SSSR count). The Morgan fingerprint density at radius 3 is 2.56 bits per heavy atom. The summed E-state index contributed by atoms with van der Waals surface area (Å²) in [5.74, 6) is 0. The molecule has 0 amide bonds. The molecule has 0 fully saturated rings. The topological polar surface area (TPSA) is 93.8 Å². The van der Waals surface area contributed by atoms with Gasteiger partial charge in [0, 0.05) is 12.4 Å². The molecule has 0 bridgehead atoms. The fourth-order valence-corrected chi connectivity index (χ4v) is 1.37. The second kappa shape index (κ2) is 3.82. The molecule has 0 spiro atoms. The van der Waals surface area contributed by atoms with E-state index in [1.807, 2.05) is 0 Å². The van der Waals surface area contributed by atoms with E-state index in [0.717, 1.165) is 4.68 Å². The fraction of sp³-hybridized carbons (Fsp3) is 0. The van der Waals surface area contributed by atoms with Crippen molar-refractivity contribution in [1.82, 2.24) is 14.8 Å². The highest BCUT2D eigenvalue weighted by Crippen LogP contribution is 2.08. The highest BCUT2D eigenvalue weighted by Gasteiger charge is 2.10. The summed E-state index contributed by atoms with van der Waals surface area (Å²) in [6, 6.07) is 3.12. The molecule has 16 heavy (non-hydrogen) atoms. The third-order valence-corrected chi connectivity index (χ3v) is 2.37. The minimum Gasteiger partial charge on any atom is -0.393 e. The zero-order chi connectivity index (χ0) is 11.7. The van der Waals surface area contributed by atoms with Crippen LogP contribution >= 0.6 is 11.6 Å². The molecular formula is C9H7ClN4O2. The third-order valence-electron chi connectivity index (χ3n) is 2.01. The number of nitrogens with two attached hydrogens (primary N) is 1. The molecule has 0 aromatic carbocycles. The van der Waals surface area contributed by atoms with Crippen molar-refractivity contribution in [3.05, 3.63) is 50.3 Å². The van der Waals surface area contributed by atoms with E-state index < -0.39 is 11.1 Å². The largest absolute Gasteiger partial charge is 0.393 e. The number of nitrogens with one attached hydrogen (secondary N) is 1. The molecular weight excluding hydrogens is 232 g/mol. The Hall–Kier alpha value is -2.08. The number of nitrogens with zero attached hydrogens (tertiary/aromatic N) is 2. The Bertz CT molecular complexity index is 632. The third kappa shape index (κ3) is 1.59. The van der Waals surface area contributed by atoms with Crippen molar-refractivity contribution in [2.75, 3.05) is 5.73 Å². The van der Waals surface area contributed by atoms with Gasteiger partial charge < -0.3 is 5.73 Å². The van der Waals surface area contributed by atoms with Gasteiger partial charge in [0.1, 0.15) is 10.7 Å². The first kappa shape index (κ1) is 10.4. The van der Waals surface area contributed by atoms with Crippen LogP contribution in [-0.2, 0) is 0 Å². The number of anilines is 1. The van der Waals surface area contributed by atoms with Crippen LogP contribution in [0.4, 0.5) is 5.69 Å². The molecule has 0 saturated carbocycles. The Morgan fingerprint density at radius 1 is 1.31 bits per heavy atom. The van der Waals surface area contributed by atoms with Crippen LogP contribution in [-0.4, -0.2) is 14.8 Å². The molecule has 0 atom stereocenters. The summed E-state index contributed by atoms with van der Waals surface area (Å²) in [5.41, 5.74) is 4.32. The van der Waals surface area contributed by atoms with Crippen LogP contribution in [0, 0.1) is 0 Å². The van der Waals surface area contributed by atoms with Crippen molar-refractivity contribution in [1.29, 1.82) is 0 Å². The van der Waals surface area contributed by atoms with Gasteiger partial charge in [-0.15, -0.1) is 0 Å². The van der Waals surface area contributed by atoms with Gasteiger partial charge in [-0.1, -0.05) is 11.6 Å². The molecule has 7 heteroatoms. The summed E-state index contributed by atoms with van der Waals surface area (Å²) in [6.07, 6.45) is 2.98. The maximum Gasteiger partial charge on any atom is 0.290 e. The monoisotopic (exact) mass is 238 g/mol. The summed E-state index contributed by atoms with van der Waals surface area (Å²) in [4.78, 5) is 26.8. The molecule has 0 aliphatic rings. The molecule has 0 radical (unpaired) electrons. The van der Waals surface area contributed by atoms with Crippen LogP contribution in [0.1, 0.15) is 0 Å². The number of rotatable bonds is 1. The van der Waals surface area contributed by atoms with Gasteiger partial charge in [0.2, 0.25) is 0 Å². The van der Waals surface area contributed by atoms with Gasteiger partial charge >= 0.3 is 0 Å². The van der Waals surface area contributed by atoms with E-state index in [2.05, 4.69) is 10.1 Å². The molecule has 0 saturated heterocycles. The lowest BCUT2D eigenvalue weighted by molar-refractivity contribution is 0.787. The van der Waals surface area contributed by atoms with Crippen molar-refractivity contribution in [3.8, 4) is 5.69 Å². The number of H-pyrrole nitrogens is 1. The molecule has 3 N–H and O–H groups in total. The van der Waals surface area contributed by atoms with Crippen LogP contribution in [0.3, 0.4) is 0 Å². The van der Waals surface area contributed by atoms with E-state index in [1.165, 1.54) is 12.4 Å². The van der Waals surface area contributed by atoms with Gasteiger partial charge in [-0.3, -0.25) is 19.7 Å².